The molecule has 4 heteroatoms. The van der Waals surface area contributed by atoms with E-state index in [0.29, 0.717) is 0 Å². The van der Waals surface area contributed by atoms with Gasteiger partial charge < -0.3 is 15.0 Å². The molecule has 0 atom stereocenters. The van der Waals surface area contributed by atoms with Crippen LogP contribution in [0, 0.1) is 0 Å². The molecule has 0 aliphatic heterocycles. The van der Waals surface area contributed by atoms with E-state index in [9.17, 15) is 0 Å². The Labute approximate surface area is 120 Å². The van der Waals surface area contributed by atoms with Crippen LogP contribution in [0.4, 0.5) is 5.69 Å². The molecular weight excluding hydrogens is 250 g/mol. The first-order valence-electron chi connectivity index (χ1n) is 7.58. The normalized spacial score (nSPS) is 11.3. The van der Waals surface area contributed by atoms with E-state index >= 15 is 0 Å². The Kier molecular flexibility index (Phi) is 5.41. The average Bonchev–Trinajstić information content (AvgIpc) is 2.76. The second kappa shape index (κ2) is 7.29. The van der Waals surface area contributed by atoms with Gasteiger partial charge in [-0.05, 0) is 31.0 Å². The molecule has 0 saturated carbocycles. The fourth-order valence-electron chi connectivity index (χ4n) is 2.36. The molecule has 1 heterocycles. The van der Waals surface area contributed by atoms with E-state index in [1.165, 1.54) is 6.42 Å². The van der Waals surface area contributed by atoms with Crippen molar-refractivity contribution < 1.29 is 4.74 Å². The Bertz CT molecular complexity index is 548. The van der Waals surface area contributed by atoms with Crippen LogP contribution in [0.15, 0.2) is 18.2 Å². The monoisotopic (exact) mass is 275 g/mol. The standard InChI is InChI=1S/C16H25N3O/c1-3-5-10-20-11-9-19-15-8-7-13(17)12-14(15)18-16(19)6-4-2/h7-8,12H,3-6,9-11,17H2,1-2H3. The summed E-state index contributed by atoms with van der Waals surface area (Å²) in [5, 5.41) is 0. The van der Waals surface area contributed by atoms with Gasteiger partial charge in [0.2, 0.25) is 0 Å². The number of nitrogens with zero attached hydrogens (tertiary/aromatic N) is 2. The number of rotatable bonds is 8. The average molecular weight is 275 g/mol. The number of ether oxygens (including phenoxy) is 1. The van der Waals surface area contributed by atoms with Crippen molar-refractivity contribution in [1.29, 1.82) is 0 Å². The maximum Gasteiger partial charge on any atom is 0.109 e. The molecule has 4 nitrogen and oxygen atoms in total. The van der Waals surface area contributed by atoms with Gasteiger partial charge in [-0.25, -0.2) is 4.98 Å². The summed E-state index contributed by atoms with van der Waals surface area (Å²) in [5.41, 5.74) is 8.75. The van der Waals surface area contributed by atoms with Crippen molar-refractivity contribution in [2.24, 2.45) is 0 Å². The molecule has 2 rings (SSSR count). The number of anilines is 1. The van der Waals surface area contributed by atoms with E-state index in [1.54, 1.807) is 0 Å². The highest BCUT2D eigenvalue weighted by molar-refractivity contribution is 5.79. The number of aromatic nitrogens is 2. The van der Waals surface area contributed by atoms with E-state index in [-0.39, 0.29) is 0 Å². The predicted molar refractivity (Wildman–Crippen MR) is 83.9 cm³/mol. The van der Waals surface area contributed by atoms with Crippen molar-refractivity contribution in [2.45, 2.75) is 46.1 Å². The predicted octanol–water partition coefficient (Wildman–Crippen LogP) is 3.39. The van der Waals surface area contributed by atoms with Crippen LogP contribution in [0.25, 0.3) is 11.0 Å². The van der Waals surface area contributed by atoms with Crippen LogP contribution in [0.5, 0.6) is 0 Å². The Morgan fingerprint density at radius 1 is 1.20 bits per heavy atom. The molecule has 0 aliphatic carbocycles. The SMILES string of the molecule is CCCCOCCn1c(CCC)nc2cc(N)ccc21. The van der Waals surface area contributed by atoms with Crippen molar-refractivity contribution >= 4 is 16.7 Å². The van der Waals surface area contributed by atoms with Gasteiger partial charge in [-0.2, -0.15) is 0 Å². The second-order valence-corrected chi connectivity index (χ2v) is 5.14. The molecule has 20 heavy (non-hydrogen) atoms. The number of nitrogen functional groups attached to an aromatic ring is 1. The maximum atomic E-state index is 5.84. The second-order valence-electron chi connectivity index (χ2n) is 5.14. The highest BCUT2D eigenvalue weighted by Gasteiger charge is 2.10. The zero-order valence-electron chi connectivity index (χ0n) is 12.6. The molecular formula is C16H25N3O. The van der Waals surface area contributed by atoms with Crippen molar-refractivity contribution in [3.8, 4) is 0 Å². The van der Waals surface area contributed by atoms with Gasteiger partial charge in [0, 0.05) is 25.3 Å². The van der Waals surface area contributed by atoms with Crippen molar-refractivity contribution in [3.63, 3.8) is 0 Å². The third-order valence-electron chi connectivity index (χ3n) is 3.43. The largest absolute Gasteiger partial charge is 0.399 e. The summed E-state index contributed by atoms with van der Waals surface area (Å²) < 4.78 is 7.95. The van der Waals surface area contributed by atoms with Crippen molar-refractivity contribution in [3.05, 3.63) is 24.0 Å². The van der Waals surface area contributed by atoms with Crippen molar-refractivity contribution in [2.75, 3.05) is 18.9 Å². The lowest BCUT2D eigenvalue weighted by Crippen LogP contribution is -2.10. The zero-order valence-corrected chi connectivity index (χ0v) is 12.6. The first-order valence-corrected chi connectivity index (χ1v) is 7.58. The molecule has 2 N–H and O–H groups in total. The highest BCUT2D eigenvalue weighted by atomic mass is 16.5. The fraction of sp³-hybridized carbons (Fsp3) is 0.562. The van der Waals surface area contributed by atoms with Crippen molar-refractivity contribution in [1.82, 2.24) is 9.55 Å². The molecule has 1 aromatic heterocycles. The number of unbranched alkanes of at least 4 members (excludes halogenated alkanes) is 1. The van der Waals surface area contributed by atoms with Gasteiger partial charge in [-0.1, -0.05) is 20.3 Å². The smallest absolute Gasteiger partial charge is 0.109 e. The van der Waals surface area contributed by atoms with Crippen LogP contribution in [0.1, 0.15) is 38.9 Å². The minimum atomic E-state index is 0.743. The molecule has 0 radical (unpaired) electrons. The van der Waals surface area contributed by atoms with Crippen LogP contribution in [0.3, 0.4) is 0 Å². The highest BCUT2D eigenvalue weighted by Crippen LogP contribution is 2.20. The van der Waals surface area contributed by atoms with E-state index in [1.807, 2.05) is 12.1 Å². The lowest BCUT2D eigenvalue weighted by atomic mass is 10.3. The number of fused-ring (bicyclic) bond motifs is 1. The van der Waals surface area contributed by atoms with Gasteiger partial charge in [0.05, 0.1) is 17.6 Å². The number of aryl methyl sites for hydroxylation is 1. The topological polar surface area (TPSA) is 53.1 Å². The van der Waals surface area contributed by atoms with Crippen LogP contribution in [-0.4, -0.2) is 22.8 Å². The van der Waals surface area contributed by atoms with Crippen LogP contribution in [-0.2, 0) is 17.7 Å². The first kappa shape index (κ1) is 14.9. The minimum Gasteiger partial charge on any atom is -0.399 e. The van der Waals surface area contributed by atoms with Crippen LogP contribution < -0.4 is 5.73 Å². The summed E-state index contributed by atoms with van der Waals surface area (Å²) >= 11 is 0. The van der Waals surface area contributed by atoms with Gasteiger partial charge in [0.15, 0.2) is 0 Å². The number of hydrogen-bond acceptors (Lipinski definition) is 3. The Morgan fingerprint density at radius 2 is 2.05 bits per heavy atom. The molecule has 2 aromatic rings. The van der Waals surface area contributed by atoms with Gasteiger partial charge in [0.1, 0.15) is 5.82 Å². The van der Waals surface area contributed by atoms with Gasteiger partial charge in [0.25, 0.3) is 0 Å². The number of imidazole rings is 1. The van der Waals surface area contributed by atoms with Gasteiger partial charge >= 0.3 is 0 Å². The Balaban J connectivity index is 2.13. The third-order valence-corrected chi connectivity index (χ3v) is 3.43. The molecule has 0 saturated heterocycles. The summed E-state index contributed by atoms with van der Waals surface area (Å²) in [6.45, 7) is 6.80. The van der Waals surface area contributed by atoms with Gasteiger partial charge in [-0.3, -0.25) is 0 Å². The van der Waals surface area contributed by atoms with E-state index < -0.39 is 0 Å². The lowest BCUT2D eigenvalue weighted by Gasteiger charge is -2.09. The number of hydrogen-bond donors (Lipinski definition) is 1. The molecule has 0 fully saturated rings. The van der Waals surface area contributed by atoms with Crippen LogP contribution in [0.2, 0.25) is 0 Å². The number of nitrogens with two attached hydrogens (primary N) is 1. The summed E-state index contributed by atoms with van der Waals surface area (Å²) in [6.07, 6.45) is 4.39. The zero-order chi connectivity index (χ0) is 14.4. The summed E-state index contributed by atoms with van der Waals surface area (Å²) in [5.74, 6) is 1.13. The number of benzene rings is 1. The Hall–Kier alpha value is -1.55. The summed E-state index contributed by atoms with van der Waals surface area (Å²) in [7, 11) is 0. The maximum absolute atomic E-state index is 5.84. The van der Waals surface area contributed by atoms with E-state index in [2.05, 4.69) is 24.5 Å². The minimum absolute atomic E-state index is 0.743. The summed E-state index contributed by atoms with van der Waals surface area (Å²) in [4.78, 5) is 4.71. The van der Waals surface area contributed by atoms with Crippen LogP contribution >= 0.6 is 0 Å². The molecule has 0 bridgehead atoms. The lowest BCUT2D eigenvalue weighted by molar-refractivity contribution is 0.123. The fourth-order valence-corrected chi connectivity index (χ4v) is 2.36. The molecule has 0 amide bonds. The molecule has 110 valence electrons. The first-order chi connectivity index (χ1) is 9.76. The van der Waals surface area contributed by atoms with E-state index in [0.717, 1.165) is 61.6 Å². The molecule has 0 spiro atoms. The summed E-state index contributed by atoms with van der Waals surface area (Å²) in [6, 6.07) is 5.94. The van der Waals surface area contributed by atoms with E-state index in [4.69, 9.17) is 15.5 Å². The third kappa shape index (κ3) is 3.51. The Morgan fingerprint density at radius 3 is 2.80 bits per heavy atom. The van der Waals surface area contributed by atoms with Gasteiger partial charge in [-0.15, -0.1) is 0 Å². The molecule has 1 aromatic carbocycles. The molecule has 0 unspecified atom stereocenters. The molecule has 0 aliphatic rings. The quantitative estimate of drug-likeness (QED) is 0.593.